The normalized spacial score (nSPS) is 19.1. The highest BCUT2D eigenvalue weighted by Gasteiger charge is 2.35. The molecule has 9 nitrogen and oxygen atoms in total. The molecule has 11 heteroatoms. The van der Waals surface area contributed by atoms with Crippen LogP contribution in [0, 0.1) is 5.92 Å². The average molecular weight is 545 g/mol. The molecule has 0 radical (unpaired) electrons. The summed E-state index contributed by atoms with van der Waals surface area (Å²) >= 11 is 1.11. The van der Waals surface area contributed by atoms with Gasteiger partial charge in [-0.1, -0.05) is 19.1 Å². The van der Waals surface area contributed by atoms with Gasteiger partial charge in [0, 0.05) is 37.9 Å². The topological polar surface area (TPSA) is 112 Å². The number of hydrogen-bond donors (Lipinski definition) is 2. The number of aliphatic hydroxyl groups excluding tert-OH is 1. The molecule has 0 unspecified atom stereocenters. The van der Waals surface area contributed by atoms with Crippen molar-refractivity contribution in [3.8, 4) is 5.75 Å². The summed E-state index contributed by atoms with van der Waals surface area (Å²) in [5, 5.41) is 11.5. The van der Waals surface area contributed by atoms with Crippen LogP contribution in [0.4, 0.5) is 5.69 Å². The number of aliphatic hydroxyl groups is 1. The minimum Gasteiger partial charge on any atom is -0.486 e. The van der Waals surface area contributed by atoms with E-state index < -0.39 is 16.1 Å². The summed E-state index contributed by atoms with van der Waals surface area (Å²) in [6.45, 7) is 5.19. The van der Waals surface area contributed by atoms with Crippen molar-refractivity contribution in [1.29, 1.82) is 0 Å². The first-order valence-electron chi connectivity index (χ1n) is 12.0. The Bertz CT molecular complexity index is 1300. The van der Waals surface area contributed by atoms with Crippen LogP contribution in [-0.4, -0.2) is 73.1 Å². The summed E-state index contributed by atoms with van der Waals surface area (Å²) in [7, 11) is -1.88. The SMILES string of the molecule is C[C@@H]1CN([C@@H](C)CO)C(=O)c2cccc(NS(=O)(=O)c3cccs3)c2O[C@@H]1CN(C)Cc1ccncc1. The number of nitrogens with zero attached hydrogens (tertiary/aromatic N) is 3. The lowest BCUT2D eigenvalue weighted by molar-refractivity contribution is 0.0344. The Hall–Kier alpha value is -2.99. The number of rotatable bonds is 9. The predicted molar refractivity (Wildman–Crippen MR) is 143 cm³/mol. The summed E-state index contributed by atoms with van der Waals surface area (Å²) in [6.07, 6.45) is 3.14. The Labute approximate surface area is 221 Å². The van der Waals surface area contributed by atoms with Gasteiger partial charge in [-0.05, 0) is 55.2 Å². The van der Waals surface area contributed by atoms with Crippen molar-refractivity contribution in [3.63, 3.8) is 0 Å². The molecule has 0 fully saturated rings. The van der Waals surface area contributed by atoms with Gasteiger partial charge in [0.25, 0.3) is 15.9 Å². The minimum atomic E-state index is -3.86. The number of ether oxygens (including phenoxy) is 1. The van der Waals surface area contributed by atoms with Crippen molar-refractivity contribution in [2.75, 3.05) is 31.5 Å². The number of carbonyl (C=O) groups excluding carboxylic acids is 1. The van der Waals surface area contributed by atoms with Crippen LogP contribution in [-0.2, 0) is 16.6 Å². The maximum absolute atomic E-state index is 13.6. The number of amides is 1. The molecule has 2 N–H and O–H groups in total. The molecular weight excluding hydrogens is 512 g/mol. The summed E-state index contributed by atoms with van der Waals surface area (Å²) in [5.74, 6) is -0.228. The van der Waals surface area contributed by atoms with E-state index in [4.69, 9.17) is 4.74 Å². The number of benzene rings is 1. The fourth-order valence-corrected chi connectivity index (χ4v) is 6.38. The van der Waals surface area contributed by atoms with Crippen molar-refractivity contribution in [3.05, 3.63) is 71.4 Å². The van der Waals surface area contributed by atoms with Crippen LogP contribution in [0.5, 0.6) is 5.75 Å². The molecule has 3 heterocycles. The fraction of sp³-hybridized carbons (Fsp3) is 0.385. The first-order valence-corrected chi connectivity index (χ1v) is 14.4. The van der Waals surface area contributed by atoms with Gasteiger partial charge in [-0.15, -0.1) is 11.3 Å². The van der Waals surface area contributed by atoms with Gasteiger partial charge >= 0.3 is 0 Å². The molecule has 0 bridgehead atoms. The Morgan fingerprint density at radius 3 is 2.68 bits per heavy atom. The molecule has 0 aliphatic carbocycles. The van der Waals surface area contributed by atoms with Crippen LogP contribution < -0.4 is 9.46 Å². The number of hydrogen-bond acceptors (Lipinski definition) is 8. The standard InChI is InChI=1S/C26H32N4O5S2/c1-18-14-30(19(2)17-31)26(32)21-6-4-7-22(28-37(33,34)24-8-5-13-36-24)25(21)35-23(18)16-29(3)15-20-9-11-27-12-10-20/h4-13,18-19,23,28,31H,14-17H2,1-3H3/t18-,19+,23-/m1/s1. The van der Waals surface area contributed by atoms with Gasteiger partial charge < -0.3 is 14.7 Å². The largest absolute Gasteiger partial charge is 0.486 e. The maximum Gasteiger partial charge on any atom is 0.271 e. The molecule has 1 aliphatic heterocycles. The molecule has 0 saturated heterocycles. The van der Waals surface area contributed by atoms with E-state index in [2.05, 4.69) is 14.6 Å². The van der Waals surface area contributed by atoms with E-state index in [1.165, 1.54) is 6.07 Å². The third-order valence-electron chi connectivity index (χ3n) is 6.39. The number of fused-ring (bicyclic) bond motifs is 1. The number of nitrogens with one attached hydrogen (secondary N) is 1. The zero-order chi connectivity index (χ0) is 26.6. The highest BCUT2D eigenvalue weighted by molar-refractivity contribution is 7.94. The van der Waals surface area contributed by atoms with E-state index in [1.54, 1.807) is 53.9 Å². The smallest absolute Gasteiger partial charge is 0.271 e. The first kappa shape index (κ1) is 27.1. The van der Waals surface area contributed by atoms with Crippen LogP contribution in [0.25, 0.3) is 0 Å². The Morgan fingerprint density at radius 2 is 2.00 bits per heavy atom. The summed E-state index contributed by atoms with van der Waals surface area (Å²) in [4.78, 5) is 21.4. The molecule has 2 aromatic heterocycles. The zero-order valence-corrected chi connectivity index (χ0v) is 22.7. The Morgan fingerprint density at radius 1 is 1.24 bits per heavy atom. The van der Waals surface area contributed by atoms with Gasteiger partial charge in [0.2, 0.25) is 0 Å². The summed E-state index contributed by atoms with van der Waals surface area (Å²) in [5.41, 5.74) is 1.55. The molecule has 1 aromatic carbocycles. The number of sulfonamides is 1. The third-order valence-corrected chi connectivity index (χ3v) is 9.15. The van der Waals surface area contributed by atoms with Crippen molar-refractivity contribution >= 4 is 33.0 Å². The van der Waals surface area contributed by atoms with Crippen molar-refractivity contribution in [2.45, 2.75) is 36.7 Å². The van der Waals surface area contributed by atoms with E-state index in [9.17, 15) is 18.3 Å². The fourth-order valence-electron chi connectivity index (χ4n) is 4.32. The third kappa shape index (κ3) is 6.30. The average Bonchev–Trinajstić information content (AvgIpc) is 3.43. The molecule has 4 rings (SSSR count). The van der Waals surface area contributed by atoms with Gasteiger partial charge in [-0.25, -0.2) is 8.42 Å². The van der Waals surface area contributed by atoms with E-state index >= 15 is 0 Å². The van der Waals surface area contributed by atoms with Crippen LogP contribution in [0.2, 0.25) is 0 Å². The van der Waals surface area contributed by atoms with Gasteiger partial charge in [-0.3, -0.25) is 19.4 Å². The second kappa shape index (κ2) is 11.6. The molecule has 3 aromatic rings. The molecule has 198 valence electrons. The Balaban J connectivity index is 1.70. The lowest BCUT2D eigenvalue weighted by Crippen LogP contribution is -2.49. The Kier molecular flexibility index (Phi) is 8.48. The lowest BCUT2D eigenvalue weighted by Gasteiger charge is -2.38. The van der Waals surface area contributed by atoms with Gasteiger partial charge in [-0.2, -0.15) is 0 Å². The number of aromatic nitrogens is 1. The number of carbonyl (C=O) groups is 1. The number of thiophene rings is 1. The van der Waals surface area contributed by atoms with Crippen molar-refractivity contribution < 1.29 is 23.1 Å². The second-order valence-electron chi connectivity index (χ2n) is 9.39. The van der Waals surface area contributed by atoms with Gasteiger partial charge in [0.05, 0.1) is 23.9 Å². The quantitative estimate of drug-likeness (QED) is 0.425. The molecule has 1 amide bonds. The monoisotopic (exact) mass is 544 g/mol. The maximum atomic E-state index is 13.6. The molecule has 1 aliphatic rings. The van der Waals surface area contributed by atoms with Crippen molar-refractivity contribution in [1.82, 2.24) is 14.8 Å². The van der Waals surface area contributed by atoms with Gasteiger partial charge in [0.15, 0.2) is 5.75 Å². The van der Waals surface area contributed by atoms with Crippen LogP contribution >= 0.6 is 11.3 Å². The number of pyridine rings is 1. The molecule has 37 heavy (non-hydrogen) atoms. The van der Waals surface area contributed by atoms with E-state index in [1.807, 2.05) is 26.1 Å². The number of anilines is 1. The second-order valence-corrected chi connectivity index (χ2v) is 12.3. The van der Waals surface area contributed by atoms with Crippen LogP contribution in [0.3, 0.4) is 0 Å². The van der Waals surface area contributed by atoms with E-state index in [0.29, 0.717) is 19.6 Å². The van der Waals surface area contributed by atoms with E-state index in [0.717, 1.165) is 16.9 Å². The zero-order valence-electron chi connectivity index (χ0n) is 21.1. The predicted octanol–water partition coefficient (Wildman–Crippen LogP) is 3.30. The first-order chi connectivity index (χ1) is 17.7. The highest BCUT2D eigenvalue weighted by Crippen LogP contribution is 2.36. The van der Waals surface area contributed by atoms with Crippen LogP contribution in [0.1, 0.15) is 29.8 Å². The number of likely N-dealkylation sites (N-methyl/N-ethyl adjacent to an activating group) is 1. The number of para-hydroxylation sites is 1. The molecule has 3 atom stereocenters. The molecule has 0 spiro atoms. The van der Waals surface area contributed by atoms with Crippen molar-refractivity contribution in [2.24, 2.45) is 5.92 Å². The van der Waals surface area contributed by atoms with Gasteiger partial charge in [0.1, 0.15) is 10.3 Å². The molecular formula is C26H32N4O5S2. The lowest BCUT2D eigenvalue weighted by atomic mass is 9.99. The minimum absolute atomic E-state index is 0.104. The summed E-state index contributed by atoms with van der Waals surface area (Å²) in [6, 6.07) is 11.5. The van der Waals surface area contributed by atoms with E-state index in [-0.39, 0.29) is 45.7 Å². The highest BCUT2D eigenvalue weighted by atomic mass is 32.2. The summed E-state index contributed by atoms with van der Waals surface area (Å²) < 4.78 is 35.3. The van der Waals surface area contributed by atoms with Crippen LogP contribution in [0.15, 0.2) is 64.4 Å². The molecule has 0 saturated carbocycles.